The summed E-state index contributed by atoms with van der Waals surface area (Å²) in [5.41, 5.74) is 2.78. The van der Waals surface area contributed by atoms with Crippen molar-refractivity contribution < 1.29 is 19.1 Å². The zero-order chi connectivity index (χ0) is 22.5. The number of rotatable bonds is 7. The highest BCUT2D eigenvalue weighted by Crippen LogP contribution is 2.36. The van der Waals surface area contributed by atoms with E-state index in [0.29, 0.717) is 34.1 Å². The average molecular weight is 430 g/mol. The number of fused-ring (bicyclic) bond motifs is 1. The fourth-order valence-electron chi connectivity index (χ4n) is 3.31. The fourth-order valence-corrected chi connectivity index (χ4v) is 3.31. The standard InChI is InChI=1S/C24H22N4O4/c1-31-20-14-19(27-24(30)16-8-4-3-5-9-16)21(32-2)13-18(20)26-23(29)12-17-15-28-11-7-6-10-22(28)25-17/h3-11,13-15H,12H2,1-2H3,(H,26,29)(H,27,30). The molecule has 0 atom stereocenters. The summed E-state index contributed by atoms with van der Waals surface area (Å²) in [6.07, 6.45) is 3.79. The molecule has 0 aliphatic rings. The largest absolute Gasteiger partial charge is 0.494 e. The number of carbonyl (C=O) groups excluding carboxylic acids is 2. The highest BCUT2D eigenvalue weighted by Gasteiger charge is 2.17. The van der Waals surface area contributed by atoms with E-state index in [1.54, 1.807) is 36.4 Å². The van der Waals surface area contributed by atoms with Crippen LogP contribution in [0.5, 0.6) is 11.5 Å². The minimum absolute atomic E-state index is 0.0969. The molecule has 0 fully saturated rings. The van der Waals surface area contributed by atoms with E-state index in [9.17, 15) is 9.59 Å². The Labute approximate surface area is 184 Å². The normalized spacial score (nSPS) is 10.6. The number of benzene rings is 2. The first-order valence-corrected chi connectivity index (χ1v) is 9.92. The Hall–Kier alpha value is -4.33. The summed E-state index contributed by atoms with van der Waals surface area (Å²) in [6.45, 7) is 0. The Morgan fingerprint density at radius 2 is 1.56 bits per heavy atom. The third-order valence-electron chi connectivity index (χ3n) is 4.84. The lowest BCUT2D eigenvalue weighted by Gasteiger charge is -2.16. The quantitative estimate of drug-likeness (QED) is 0.465. The molecule has 162 valence electrons. The third-order valence-corrected chi connectivity index (χ3v) is 4.84. The van der Waals surface area contributed by atoms with Gasteiger partial charge in [-0.15, -0.1) is 0 Å². The van der Waals surface area contributed by atoms with Crippen molar-refractivity contribution in [1.29, 1.82) is 0 Å². The average Bonchev–Trinajstić information content (AvgIpc) is 3.22. The molecule has 2 heterocycles. The molecule has 32 heavy (non-hydrogen) atoms. The van der Waals surface area contributed by atoms with Crippen LogP contribution in [-0.4, -0.2) is 35.4 Å². The van der Waals surface area contributed by atoms with E-state index in [1.165, 1.54) is 14.2 Å². The number of nitrogens with one attached hydrogen (secondary N) is 2. The van der Waals surface area contributed by atoms with Gasteiger partial charge in [0.05, 0.1) is 37.7 Å². The van der Waals surface area contributed by atoms with Gasteiger partial charge in [0.1, 0.15) is 17.1 Å². The number of nitrogens with zero attached hydrogens (tertiary/aromatic N) is 2. The SMILES string of the molecule is COc1cc(NC(=O)c2ccccc2)c(OC)cc1NC(=O)Cc1cn2ccccc2n1. The molecular formula is C24H22N4O4. The molecular weight excluding hydrogens is 408 g/mol. The highest BCUT2D eigenvalue weighted by atomic mass is 16.5. The number of hydrogen-bond acceptors (Lipinski definition) is 5. The smallest absolute Gasteiger partial charge is 0.255 e. The Morgan fingerprint density at radius 1 is 0.906 bits per heavy atom. The second kappa shape index (κ2) is 9.22. The molecule has 0 spiro atoms. The third kappa shape index (κ3) is 4.54. The van der Waals surface area contributed by atoms with E-state index >= 15 is 0 Å². The minimum atomic E-state index is -0.283. The second-order valence-corrected chi connectivity index (χ2v) is 7.00. The van der Waals surface area contributed by atoms with Crippen LogP contribution in [0.3, 0.4) is 0 Å². The first-order valence-electron chi connectivity index (χ1n) is 9.92. The summed E-state index contributed by atoms with van der Waals surface area (Å²) in [5.74, 6) is 0.236. The van der Waals surface area contributed by atoms with Gasteiger partial charge in [-0.3, -0.25) is 9.59 Å². The zero-order valence-electron chi connectivity index (χ0n) is 17.7. The maximum absolute atomic E-state index is 12.6. The van der Waals surface area contributed by atoms with Crippen LogP contribution < -0.4 is 20.1 Å². The summed E-state index contributed by atoms with van der Waals surface area (Å²) >= 11 is 0. The topological polar surface area (TPSA) is 94.0 Å². The van der Waals surface area contributed by atoms with Gasteiger partial charge in [0.25, 0.3) is 5.91 Å². The number of pyridine rings is 1. The van der Waals surface area contributed by atoms with Gasteiger partial charge in [-0.1, -0.05) is 24.3 Å². The first-order chi connectivity index (χ1) is 15.6. The van der Waals surface area contributed by atoms with E-state index in [-0.39, 0.29) is 18.2 Å². The number of ether oxygens (including phenoxy) is 2. The molecule has 8 nitrogen and oxygen atoms in total. The molecule has 4 rings (SSSR count). The van der Waals surface area contributed by atoms with Crippen LogP contribution in [0.4, 0.5) is 11.4 Å². The van der Waals surface area contributed by atoms with Crippen molar-refractivity contribution in [2.45, 2.75) is 6.42 Å². The van der Waals surface area contributed by atoms with Gasteiger partial charge >= 0.3 is 0 Å². The van der Waals surface area contributed by atoms with Crippen molar-refractivity contribution in [3.05, 3.63) is 84.3 Å². The Balaban J connectivity index is 1.53. The number of imidazole rings is 1. The lowest BCUT2D eigenvalue weighted by Crippen LogP contribution is -2.16. The highest BCUT2D eigenvalue weighted by molar-refractivity contribution is 6.05. The molecule has 2 amide bonds. The van der Waals surface area contributed by atoms with Gasteiger partial charge in [0.15, 0.2) is 0 Å². The van der Waals surface area contributed by atoms with Gasteiger partial charge in [-0.25, -0.2) is 4.98 Å². The van der Waals surface area contributed by atoms with Gasteiger partial charge < -0.3 is 24.5 Å². The number of carbonyl (C=O) groups is 2. The lowest BCUT2D eigenvalue weighted by atomic mass is 10.2. The van der Waals surface area contributed by atoms with Gasteiger partial charge in [0.2, 0.25) is 5.91 Å². The molecule has 0 aliphatic carbocycles. The molecule has 0 saturated heterocycles. The van der Waals surface area contributed by atoms with Crippen molar-refractivity contribution in [3.63, 3.8) is 0 Å². The summed E-state index contributed by atoms with van der Waals surface area (Å²) < 4.78 is 12.7. The molecule has 8 heteroatoms. The van der Waals surface area contributed by atoms with Gasteiger partial charge in [-0.2, -0.15) is 0 Å². The molecule has 0 saturated carbocycles. The first kappa shape index (κ1) is 20.9. The van der Waals surface area contributed by atoms with Crippen LogP contribution in [0.2, 0.25) is 0 Å². The zero-order valence-corrected chi connectivity index (χ0v) is 17.7. The predicted molar refractivity (Wildman–Crippen MR) is 121 cm³/mol. The Morgan fingerprint density at radius 3 is 2.22 bits per heavy atom. The molecule has 0 aliphatic heterocycles. The van der Waals surface area contributed by atoms with Crippen LogP contribution in [0.25, 0.3) is 5.65 Å². The van der Waals surface area contributed by atoms with Crippen molar-refractivity contribution in [2.24, 2.45) is 0 Å². The van der Waals surface area contributed by atoms with Crippen molar-refractivity contribution >= 4 is 28.8 Å². The van der Waals surface area contributed by atoms with E-state index in [1.807, 2.05) is 41.1 Å². The van der Waals surface area contributed by atoms with Crippen molar-refractivity contribution in [1.82, 2.24) is 9.38 Å². The van der Waals surface area contributed by atoms with Gasteiger partial charge in [-0.05, 0) is 24.3 Å². The van der Waals surface area contributed by atoms with Crippen LogP contribution in [0.1, 0.15) is 16.1 Å². The molecule has 2 aromatic carbocycles. The second-order valence-electron chi connectivity index (χ2n) is 7.00. The summed E-state index contributed by atoms with van der Waals surface area (Å²) in [7, 11) is 2.98. The molecule has 4 aromatic rings. The summed E-state index contributed by atoms with van der Waals surface area (Å²) in [5, 5.41) is 5.65. The maximum atomic E-state index is 12.6. The molecule has 2 N–H and O–H groups in total. The van der Waals surface area contributed by atoms with Crippen molar-refractivity contribution in [3.8, 4) is 11.5 Å². The number of methoxy groups -OCH3 is 2. The molecule has 0 unspecified atom stereocenters. The predicted octanol–water partition coefficient (Wildman–Crippen LogP) is 3.79. The van der Waals surface area contributed by atoms with Crippen molar-refractivity contribution in [2.75, 3.05) is 24.9 Å². The summed E-state index contributed by atoms with van der Waals surface area (Å²) in [6, 6.07) is 17.7. The van der Waals surface area contributed by atoms with E-state index in [0.717, 1.165) is 5.65 Å². The molecule has 0 radical (unpaired) electrons. The van der Waals surface area contributed by atoms with Crippen LogP contribution in [0, 0.1) is 0 Å². The van der Waals surface area contributed by atoms with E-state index in [2.05, 4.69) is 15.6 Å². The Kier molecular flexibility index (Phi) is 6.03. The number of amides is 2. The monoisotopic (exact) mass is 430 g/mol. The Bertz CT molecular complexity index is 1230. The minimum Gasteiger partial charge on any atom is -0.494 e. The van der Waals surface area contributed by atoms with Crippen LogP contribution >= 0.6 is 0 Å². The molecule has 0 bridgehead atoms. The maximum Gasteiger partial charge on any atom is 0.255 e. The van der Waals surface area contributed by atoms with E-state index in [4.69, 9.17) is 9.47 Å². The van der Waals surface area contributed by atoms with Gasteiger partial charge in [0, 0.05) is 30.1 Å². The lowest BCUT2D eigenvalue weighted by molar-refractivity contribution is -0.115. The van der Waals surface area contributed by atoms with Crippen LogP contribution in [-0.2, 0) is 11.2 Å². The number of aromatic nitrogens is 2. The van der Waals surface area contributed by atoms with E-state index < -0.39 is 0 Å². The molecule has 2 aromatic heterocycles. The fraction of sp³-hybridized carbons (Fsp3) is 0.125. The van der Waals surface area contributed by atoms with Crippen LogP contribution in [0.15, 0.2) is 73.1 Å². The number of hydrogen-bond donors (Lipinski definition) is 2. The summed E-state index contributed by atoms with van der Waals surface area (Å²) in [4.78, 5) is 29.6. The number of anilines is 2.